The van der Waals surface area contributed by atoms with E-state index in [1.54, 1.807) is 13.8 Å². The molecule has 31 heavy (non-hydrogen) atoms. The van der Waals surface area contributed by atoms with E-state index in [1.165, 1.54) is 7.05 Å². The summed E-state index contributed by atoms with van der Waals surface area (Å²) in [6.07, 6.45) is 0.998. The first kappa shape index (κ1) is 26.1. The summed E-state index contributed by atoms with van der Waals surface area (Å²) in [7, 11) is 1.45. The Kier molecular flexibility index (Phi) is 10.7. The van der Waals surface area contributed by atoms with Crippen LogP contribution in [0, 0.1) is 12.8 Å². The Hall–Kier alpha value is -2.95. The lowest BCUT2D eigenvalue weighted by Gasteiger charge is -2.09. The number of carbonyl (C=O) groups excluding carboxylic acids is 5. The van der Waals surface area contributed by atoms with Crippen molar-refractivity contribution in [3.63, 3.8) is 0 Å². The number of thiophene rings is 1. The zero-order chi connectivity index (χ0) is 23.6. The molecule has 0 radical (unpaired) electrons. The van der Waals surface area contributed by atoms with Gasteiger partial charge in [0.05, 0.1) is 17.0 Å². The molecular formula is C20H29N3O7S. The third-order valence-corrected chi connectivity index (χ3v) is 5.26. The topological polar surface area (TPSA) is 140 Å². The van der Waals surface area contributed by atoms with Crippen molar-refractivity contribution in [1.29, 1.82) is 0 Å². The highest BCUT2D eigenvalue weighted by molar-refractivity contribution is 7.18. The molecule has 3 amide bonds. The summed E-state index contributed by atoms with van der Waals surface area (Å²) < 4.78 is 9.85. The second-order valence-corrected chi connectivity index (χ2v) is 8.00. The molecule has 3 N–H and O–H groups in total. The summed E-state index contributed by atoms with van der Waals surface area (Å²) >= 11 is 0.915. The average molecular weight is 456 g/mol. The third kappa shape index (κ3) is 8.36. The van der Waals surface area contributed by atoms with Gasteiger partial charge in [-0.2, -0.15) is 0 Å². The summed E-state index contributed by atoms with van der Waals surface area (Å²) in [6.45, 7) is 6.34. The van der Waals surface area contributed by atoms with E-state index >= 15 is 0 Å². The molecule has 11 heteroatoms. The normalized spacial score (nSPS) is 10.4. The van der Waals surface area contributed by atoms with Gasteiger partial charge in [-0.1, -0.05) is 13.8 Å². The molecule has 0 aromatic carbocycles. The average Bonchev–Trinajstić information content (AvgIpc) is 3.04. The second-order valence-electron chi connectivity index (χ2n) is 6.98. The first-order valence-corrected chi connectivity index (χ1v) is 10.7. The van der Waals surface area contributed by atoms with Gasteiger partial charge in [-0.25, -0.2) is 4.79 Å². The van der Waals surface area contributed by atoms with Gasteiger partial charge in [-0.3, -0.25) is 19.2 Å². The van der Waals surface area contributed by atoms with Crippen LogP contribution in [0.25, 0.3) is 0 Å². The summed E-state index contributed by atoms with van der Waals surface area (Å²) in [4.78, 5) is 60.1. The van der Waals surface area contributed by atoms with Gasteiger partial charge < -0.3 is 25.4 Å². The van der Waals surface area contributed by atoms with Crippen LogP contribution in [-0.4, -0.2) is 56.5 Å². The number of rotatable bonds is 11. The number of ether oxygens (including phenoxy) is 2. The van der Waals surface area contributed by atoms with Crippen molar-refractivity contribution in [3.05, 3.63) is 16.0 Å². The minimum absolute atomic E-state index is 0.0718. The first-order chi connectivity index (χ1) is 14.6. The van der Waals surface area contributed by atoms with Crippen LogP contribution in [0.15, 0.2) is 0 Å². The fourth-order valence-corrected chi connectivity index (χ4v) is 3.58. The van der Waals surface area contributed by atoms with Gasteiger partial charge in [0, 0.05) is 13.5 Å². The van der Waals surface area contributed by atoms with Gasteiger partial charge in [-0.05, 0) is 31.7 Å². The van der Waals surface area contributed by atoms with Crippen LogP contribution in [0.3, 0.4) is 0 Å². The third-order valence-electron chi connectivity index (χ3n) is 4.06. The van der Waals surface area contributed by atoms with Gasteiger partial charge in [0.1, 0.15) is 11.5 Å². The van der Waals surface area contributed by atoms with Crippen molar-refractivity contribution >= 4 is 46.0 Å². The van der Waals surface area contributed by atoms with Crippen molar-refractivity contribution in [3.8, 4) is 0 Å². The fourth-order valence-electron chi connectivity index (χ4n) is 2.42. The molecule has 0 aliphatic rings. The monoisotopic (exact) mass is 455 g/mol. The van der Waals surface area contributed by atoms with Crippen LogP contribution in [0.2, 0.25) is 0 Å². The summed E-state index contributed by atoms with van der Waals surface area (Å²) in [5.41, 5.74) is 0.446. The van der Waals surface area contributed by atoms with Crippen LogP contribution < -0.4 is 16.0 Å². The van der Waals surface area contributed by atoms with Gasteiger partial charge in [0.2, 0.25) is 5.91 Å². The molecule has 1 heterocycles. The SMILES string of the molecule is CCOC(=O)c1c(NC(=O)COC(=O)CNC(=O)CCC(C)C)sc(C(=O)NC)c1C. The van der Waals surface area contributed by atoms with E-state index in [2.05, 4.69) is 16.0 Å². The van der Waals surface area contributed by atoms with Crippen molar-refractivity contribution < 1.29 is 33.4 Å². The molecule has 0 bridgehead atoms. The lowest BCUT2D eigenvalue weighted by molar-refractivity contribution is -0.147. The Morgan fingerprint density at radius 2 is 1.74 bits per heavy atom. The molecule has 10 nitrogen and oxygen atoms in total. The molecular weight excluding hydrogens is 426 g/mol. The van der Waals surface area contributed by atoms with Crippen molar-refractivity contribution in [2.24, 2.45) is 5.92 Å². The molecule has 0 aliphatic carbocycles. The van der Waals surface area contributed by atoms with E-state index in [1.807, 2.05) is 13.8 Å². The van der Waals surface area contributed by atoms with E-state index in [0.717, 1.165) is 11.3 Å². The zero-order valence-electron chi connectivity index (χ0n) is 18.4. The van der Waals surface area contributed by atoms with Gasteiger partial charge >= 0.3 is 11.9 Å². The summed E-state index contributed by atoms with van der Waals surface area (Å²) in [6, 6.07) is 0. The number of esters is 2. The smallest absolute Gasteiger partial charge is 0.341 e. The zero-order valence-corrected chi connectivity index (χ0v) is 19.2. The van der Waals surface area contributed by atoms with E-state index in [-0.39, 0.29) is 34.5 Å². The van der Waals surface area contributed by atoms with E-state index in [0.29, 0.717) is 24.3 Å². The fraction of sp³-hybridized carbons (Fsp3) is 0.550. The highest BCUT2D eigenvalue weighted by Gasteiger charge is 2.26. The van der Waals surface area contributed by atoms with Gasteiger partial charge in [-0.15, -0.1) is 11.3 Å². The minimum atomic E-state index is -0.771. The molecule has 1 rings (SSSR count). The van der Waals surface area contributed by atoms with E-state index in [9.17, 15) is 24.0 Å². The molecule has 0 fully saturated rings. The van der Waals surface area contributed by atoms with Crippen molar-refractivity contribution in [1.82, 2.24) is 10.6 Å². The van der Waals surface area contributed by atoms with E-state index < -0.39 is 30.4 Å². The van der Waals surface area contributed by atoms with Crippen molar-refractivity contribution in [2.45, 2.75) is 40.5 Å². The van der Waals surface area contributed by atoms with Crippen LogP contribution in [0.4, 0.5) is 5.00 Å². The number of nitrogens with one attached hydrogen (secondary N) is 3. The molecule has 1 aromatic rings. The predicted octanol–water partition coefficient (Wildman–Crippen LogP) is 1.63. The maximum atomic E-state index is 12.3. The van der Waals surface area contributed by atoms with Gasteiger partial charge in [0.25, 0.3) is 11.8 Å². The van der Waals surface area contributed by atoms with Crippen LogP contribution in [0.5, 0.6) is 0 Å². The molecule has 0 aliphatic heterocycles. The molecule has 0 saturated carbocycles. The number of anilines is 1. The Bertz CT molecular complexity index is 833. The van der Waals surface area contributed by atoms with Crippen LogP contribution >= 0.6 is 11.3 Å². The summed E-state index contributed by atoms with van der Waals surface area (Å²) in [5, 5.41) is 7.50. The minimum Gasteiger partial charge on any atom is -0.462 e. The number of amides is 3. The summed E-state index contributed by atoms with van der Waals surface area (Å²) in [5.74, 6) is -2.46. The van der Waals surface area contributed by atoms with Crippen molar-refractivity contribution in [2.75, 3.05) is 32.1 Å². The highest BCUT2D eigenvalue weighted by Crippen LogP contribution is 2.33. The molecule has 0 unspecified atom stereocenters. The molecule has 172 valence electrons. The Balaban J connectivity index is 2.70. The Morgan fingerprint density at radius 1 is 1.06 bits per heavy atom. The number of hydrogen-bond acceptors (Lipinski definition) is 8. The second kappa shape index (κ2) is 12.7. The Labute approximate surface area is 185 Å². The molecule has 0 saturated heterocycles. The lowest BCUT2D eigenvalue weighted by atomic mass is 10.1. The lowest BCUT2D eigenvalue weighted by Crippen LogP contribution is -2.32. The quantitative estimate of drug-likeness (QED) is 0.431. The maximum absolute atomic E-state index is 12.3. The number of hydrogen-bond donors (Lipinski definition) is 3. The van der Waals surface area contributed by atoms with Crippen LogP contribution in [0.1, 0.15) is 59.2 Å². The largest absolute Gasteiger partial charge is 0.462 e. The highest BCUT2D eigenvalue weighted by atomic mass is 32.1. The number of carbonyl (C=O) groups is 5. The Morgan fingerprint density at radius 3 is 2.32 bits per heavy atom. The maximum Gasteiger partial charge on any atom is 0.341 e. The molecule has 0 spiro atoms. The molecule has 1 aromatic heterocycles. The van der Waals surface area contributed by atoms with Gasteiger partial charge in [0.15, 0.2) is 6.61 Å². The molecule has 0 atom stereocenters. The predicted molar refractivity (Wildman–Crippen MR) is 115 cm³/mol. The first-order valence-electron chi connectivity index (χ1n) is 9.85. The van der Waals surface area contributed by atoms with Crippen LogP contribution in [-0.2, 0) is 23.9 Å². The standard InChI is InChI=1S/C20H29N3O7S/c1-6-29-20(28)16-12(4)17(18(27)21-5)31-19(16)23-14(25)10-30-15(26)9-22-13(24)8-7-11(2)3/h11H,6-10H2,1-5H3,(H,21,27)(H,22,24)(H,23,25). The van der Waals surface area contributed by atoms with E-state index in [4.69, 9.17) is 9.47 Å².